The molecule has 0 unspecified atom stereocenters. The van der Waals surface area contributed by atoms with Gasteiger partial charge in [-0.05, 0) is 30.4 Å². The number of hydrogen-bond acceptors (Lipinski definition) is 2. The fourth-order valence-corrected chi connectivity index (χ4v) is 3.88. The van der Waals surface area contributed by atoms with Crippen molar-refractivity contribution in [3.63, 3.8) is 0 Å². The first-order valence-electron chi connectivity index (χ1n) is 9.58. The highest BCUT2D eigenvalue weighted by Gasteiger charge is 2.21. The Hall–Kier alpha value is -1.31. The molecule has 0 bridgehead atoms. The molecule has 0 atom stereocenters. The van der Waals surface area contributed by atoms with Gasteiger partial charge in [-0.1, -0.05) is 43.5 Å². The molecule has 0 radical (unpaired) electrons. The van der Waals surface area contributed by atoms with Crippen LogP contribution in [0.1, 0.15) is 43.2 Å². The Morgan fingerprint density at radius 2 is 1.81 bits per heavy atom. The second kappa shape index (κ2) is 10.7. The van der Waals surface area contributed by atoms with Crippen molar-refractivity contribution in [1.29, 1.82) is 0 Å². The molecule has 2 N–H and O–H groups in total. The Balaban J connectivity index is 0.00000243. The van der Waals surface area contributed by atoms with Crippen molar-refractivity contribution in [3.8, 4) is 0 Å². The predicted octanol–water partition coefficient (Wildman–Crippen LogP) is 2.93. The van der Waals surface area contributed by atoms with Gasteiger partial charge in [-0.3, -0.25) is 9.79 Å². The van der Waals surface area contributed by atoms with E-state index in [0.29, 0.717) is 13.1 Å². The van der Waals surface area contributed by atoms with Gasteiger partial charge in [0.05, 0.1) is 0 Å². The highest BCUT2D eigenvalue weighted by Crippen LogP contribution is 2.23. The van der Waals surface area contributed by atoms with E-state index in [0.717, 1.165) is 38.3 Å². The summed E-state index contributed by atoms with van der Waals surface area (Å²) in [7, 11) is 1.82. The third-order valence-corrected chi connectivity index (χ3v) is 5.33. The molecule has 0 aromatic heterocycles. The SMILES string of the molecule is CN=C(NCCNC(=O)C1CCCCC1)N1CCc2ccccc2C1.I. The highest BCUT2D eigenvalue weighted by atomic mass is 127. The van der Waals surface area contributed by atoms with Gasteiger partial charge < -0.3 is 15.5 Å². The van der Waals surface area contributed by atoms with Crippen LogP contribution in [0, 0.1) is 5.92 Å². The molecule has 26 heavy (non-hydrogen) atoms. The average molecular weight is 470 g/mol. The second-order valence-corrected chi connectivity index (χ2v) is 7.04. The van der Waals surface area contributed by atoms with Crippen LogP contribution in [-0.4, -0.2) is 43.4 Å². The van der Waals surface area contributed by atoms with E-state index in [-0.39, 0.29) is 35.8 Å². The number of nitrogens with one attached hydrogen (secondary N) is 2. The van der Waals surface area contributed by atoms with Gasteiger partial charge in [0.15, 0.2) is 5.96 Å². The van der Waals surface area contributed by atoms with Gasteiger partial charge in [0.2, 0.25) is 5.91 Å². The number of halogens is 1. The summed E-state index contributed by atoms with van der Waals surface area (Å²) in [5.74, 6) is 1.37. The fourth-order valence-electron chi connectivity index (χ4n) is 3.88. The van der Waals surface area contributed by atoms with E-state index in [1.807, 2.05) is 7.05 Å². The van der Waals surface area contributed by atoms with Gasteiger partial charge in [-0.25, -0.2) is 0 Å². The minimum absolute atomic E-state index is 0. The van der Waals surface area contributed by atoms with Crippen LogP contribution in [0.4, 0.5) is 0 Å². The van der Waals surface area contributed by atoms with Crippen LogP contribution in [0.2, 0.25) is 0 Å². The number of carbonyl (C=O) groups excluding carboxylic acids is 1. The Labute approximate surface area is 174 Å². The van der Waals surface area contributed by atoms with Crippen molar-refractivity contribution in [1.82, 2.24) is 15.5 Å². The molecule has 5 nitrogen and oxygen atoms in total. The highest BCUT2D eigenvalue weighted by molar-refractivity contribution is 14.0. The normalized spacial score (nSPS) is 17.9. The van der Waals surface area contributed by atoms with Gasteiger partial charge in [0, 0.05) is 39.1 Å². The lowest BCUT2D eigenvalue weighted by molar-refractivity contribution is -0.125. The summed E-state index contributed by atoms with van der Waals surface area (Å²) in [6.07, 6.45) is 6.82. The van der Waals surface area contributed by atoms with E-state index in [9.17, 15) is 4.79 Å². The lowest BCUT2D eigenvalue weighted by atomic mass is 9.89. The number of fused-ring (bicyclic) bond motifs is 1. The van der Waals surface area contributed by atoms with Crippen LogP contribution in [0.5, 0.6) is 0 Å². The molecule has 6 heteroatoms. The molecule has 1 fully saturated rings. The Kier molecular flexibility index (Phi) is 8.68. The summed E-state index contributed by atoms with van der Waals surface area (Å²) in [6, 6.07) is 8.61. The van der Waals surface area contributed by atoms with Gasteiger partial charge in [0.1, 0.15) is 0 Å². The quantitative estimate of drug-likeness (QED) is 0.308. The van der Waals surface area contributed by atoms with Gasteiger partial charge in [-0.15, -0.1) is 24.0 Å². The molecule has 144 valence electrons. The van der Waals surface area contributed by atoms with Gasteiger partial charge in [0.25, 0.3) is 0 Å². The topological polar surface area (TPSA) is 56.7 Å². The molecule has 1 aliphatic carbocycles. The Morgan fingerprint density at radius 3 is 2.54 bits per heavy atom. The van der Waals surface area contributed by atoms with Crippen LogP contribution in [0.3, 0.4) is 0 Å². The Bertz CT molecular complexity index is 614. The number of nitrogens with zero attached hydrogens (tertiary/aromatic N) is 2. The van der Waals surface area contributed by atoms with Crippen molar-refractivity contribution in [2.24, 2.45) is 10.9 Å². The zero-order valence-electron chi connectivity index (χ0n) is 15.7. The van der Waals surface area contributed by atoms with Crippen LogP contribution in [-0.2, 0) is 17.8 Å². The van der Waals surface area contributed by atoms with Gasteiger partial charge in [-0.2, -0.15) is 0 Å². The van der Waals surface area contributed by atoms with Crippen molar-refractivity contribution < 1.29 is 4.79 Å². The number of hydrogen-bond donors (Lipinski definition) is 2. The largest absolute Gasteiger partial charge is 0.354 e. The first kappa shape index (κ1) is 21.0. The lowest BCUT2D eigenvalue weighted by Gasteiger charge is -2.31. The number of guanidine groups is 1. The third kappa shape index (κ3) is 5.59. The number of carbonyl (C=O) groups is 1. The van der Waals surface area contributed by atoms with Crippen molar-refractivity contribution in [2.45, 2.75) is 45.1 Å². The average Bonchev–Trinajstić information content (AvgIpc) is 2.68. The molecule has 1 aromatic rings. The first-order chi connectivity index (χ1) is 12.3. The van der Waals surface area contributed by atoms with Gasteiger partial charge >= 0.3 is 0 Å². The molecule has 0 spiro atoms. The maximum Gasteiger partial charge on any atom is 0.223 e. The monoisotopic (exact) mass is 470 g/mol. The minimum atomic E-state index is 0. The molecular formula is C20H31IN4O. The summed E-state index contributed by atoms with van der Waals surface area (Å²) in [5, 5.41) is 6.46. The third-order valence-electron chi connectivity index (χ3n) is 5.33. The van der Waals surface area contributed by atoms with Crippen molar-refractivity contribution >= 4 is 35.8 Å². The minimum Gasteiger partial charge on any atom is -0.354 e. The molecule has 1 amide bonds. The number of rotatable bonds is 4. The summed E-state index contributed by atoms with van der Waals surface area (Å²) >= 11 is 0. The maximum absolute atomic E-state index is 12.2. The molecule has 2 aliphatic rings. The number of benzene rings is 1. The van der Waals surface area contributed by atoms with E-state index < -0.39 is 0 Å². The molecule has 1 aromatic carbocycles. The molecular weight excluding hydrogens is 439 g/mol. The summed E-state index contributed by atoms with van der Waals surface area (Å²) in [6.45, 7) is 3.23. The maximum atomic E-state index is 12.2. The zero-order chi connectivity index (χ0) is 17.5. The number of amides is 1. The molecule has 1 aliphatic heterocycles. The second-order valence-electron chi connectivity index (χ2n) is 7.04. The predicted molar refractivity (Wildman–Crippen MR) is 117 cm³/mol. The van der Waals surface area contributed by atoms with Crippen LogP contribution < -0.4 is 10.6 Å². The molecule has 3 rings (SSSR count). The van der Waals surface area contributed by atoms with Crippen LogP contribution in [0.25, 0.3) is 0 Å². The van der Waals surface area contributed by atoms with E-state index in [1.54, 1.807) is 0 Å². The van der Waals surface area contributed by atoms with E-state index in [4.69, 9.17) is 0 Å². The van der Waals surface area contributed by atoms with E-state index >= 15 is 0 Å². The lowest BCUT2D eigenvalue weighted by Crippen LogP contribution is -2.46. The summed E-state index contributed by atoms with van der Waals surface area (Å²) < 4.78 is 0. The fraction of sp³-hybridized carbons (Fsp3) is 0.600. The van der Waals surface area contributed by atoms with E-state index in [1.165, 1.54) is 30.4 Å². The molecule has 1 saturated carbocycles. The van der Waals surface area contributed by atoms with Crippen LogP contribution in [0.15, 0.2) is 29.3 Å². The molecule has 1 heterocycles. The smallest absolute Gasteiger partial charge is 0.223 e. The molecule has 0 saturated heterocycles. The van der Waals surface area contributed by atoms with E-state index in [2.05, 4.69) is 44.8 Å². The Morgan fingerprint density at radius 1 is 1.12 bits per heavy atom. The first-order valence-corrected chi connectivity index (χ1v) is 9.58. The van der Waals surface area contributed by atoms with Crippen LogP contribution >= 0.6 is 24.0 Å². The summed E-state index contributed by atoms with van der Waals surface area (Å²) in [5.41, 5.74) is 2.82. The number of aliphatic imine (C=N–C) groups is 1. The van der Waals surface area contributed by atoms with Crippen molar-refractivity contribution in [2.75, 3.05) is 26.7 Å². The zero-order valence-corrected chi connectivity index (χ0v) is 18.0. The standard InChI is InChI=1S/C20H30N4O.HI/c1-21-20(24-14-11-16-7-5-6-10-18(16)15-24)23-13-12-22-19(25)17-8-3-2-4-9-17;/h5-7,10,17H,2-4,8-9,11-15H2,1H3,(H,21,23)(H,22,25);1H. The van der Waals surface area contributed by atoms with Crippen molar-refractivity contribution in [3.05, 3.63) is 35.4 Å². The summed E-state index contributed by atoms with van der Waals surface area (Å²) in [4.78, 5) is 18.9.